The summed E-state index contributed by atoms with van der Waals surface area (Å²) in [5, 5.41) is 2.72. The first-order valence-electron chi connectivity index (χ1n) is 8.89. The van der Waals surface area contributed by atoms with E-state index in [9.17, 15) is 9.18 Å². The molecular formula is C20H22FN3O. The van der Waals surface area contributed by atoms with Crippen LogP contribution in [0.5, 0.6) is 0 Å². The number of amides is 1. The van der Waals surface area contributed by atoms with Gasteiger partial charge in [-0.15, -0.1) is 0 Å². The van der Waals surface area contributed by atoms with Crippen LogP contribution in [-0.2, 0) is 4.79 Å². The second-order valence-corrected chi connectivity index (χ2v) is 6.97. The smallest absolute Gasteiger partial charge is 0.231 e. The van der Waals surface area contributed by atoms with Crippen molar-refractivity contribution in [2.24, 2.45) is 5.92 Å². The van der Waals surface area contributed by atoms with Gasteiger partial charge in [0.25, 0.3) is 0 Å². The molecule has 1 amide bonds. The van der Waals surface area contributed by atoms with Gasteiger partial charge in [0.05, 0.1) is 5.92 Å². The fraction of sp³-hybridized carbons (Fsp3) is 0.400. The summed E-state index contributed by atoms with van der Waals surface area (Å²) < 4.78 is 13.0. The van der Waals surface area contributed by atoms with Crippen molar-refractivity contribution >= 4 is 17.4 Å². The highest BCUT2D eigenvalue weighted by atomic mass is 19.1. The number of nitrogens with one attached hydrogen (secondary N) is 1. The van der Waals surface area contributed by atoms with Crippen LogP contribution in [0.4, 0.5) is 15.9 Å². The zero-order chi connectivity index (χ0) is 17.4. The molecule has 2 atom stereocenters. The van der Waals surface area contributed by atoms with Gasteiger partial charge in [-0.25, -0.2) is 9.37 Å². The van der Waals surface area contributed by atoms with E-state index in [4.69, 9.17) is 0 Å². The zero-order valence-electron chi connectivity index (χ0n) is 14.3. The predicted molar refractivity (Wildman–Crippen MR) is 97.5 cm³/mol. The number of benzene rings is 1. The molecule has 1 aliphatic carbocycles. The number of anilines is 2. The number of rotatable bonds is 4. The Morgan fingerprint density at radius 1 is 1.20 bits per heavy atom. The van der Waals surface area contributed by atoms with Crippen LogP contribution in [0.2, 0.25) is 0 Å². The first-order chi connectivity index (χ1) is 12.1. The van der Waals surface area contributed by atoms with E-state index in [1.54, 1.807) is 6.20 Å². The van der Waals surface area contributed by atoms with Crippen LogP contribution in [0.15, 0.2) is 36.5 Å². The van der Waals surface area contributed by atoms with E-state index in [0.717, 1.165) is 24.2 Å². The van der Waals surface area contributed by atoms with Crippen LogP contribution in [0.25, 0.3) is 11.1 Å². The summed E-state index contributed by atoms with van der Waals surface area (Å²) in [4.78, 5) is 18.5. The number of pyridine rings is 1. The first kappa shape index (κ1) is 16.1. The Bertz CT molecular complexity index is 801. The molecule has 1 aromatic heterocycles. The molecule has 4 rings (SSSR count). The van der Waals surface area contributed by atoms with E-state index in [1.165, 1.54) is 24.1 Å². The highest BCUT2D eigenvalue weighted by Gasteiger charge is 2.43. The molecule has 1 saturated heterocycles. The maximum atomic E-state index is 13.0. The SMILES string of the molecule is Cc1cc(-c2ccnc(NC(=O)[C@H]3C[C@H]3F)c2)ccc1N1CCCC1. The number of hydrogen-bond acceptors (Lipinski definition) is 3. The molecule has 0 spiro atoms. The molecule has 1 N–H and O–H groups in total. The van der Waals surface area contributed by atoms with E-state index in [1.807, 2.05) is 12.1 Å². The molecule has 2 fully saturated rings. The Hall–Kier alpha value is -2.43. The number of hydrogen-bond donors (Lipinski definition) is 1. The minimum atomic E-state index is -0.996. The average Bonchev–Trinajstić information content (AvgIpc) is 3.11. The Morgan fingerprint density at radius 2 is 1.92 bits per heavy atom. The van der Waals surface area contributed by atoms with Crippen molar-refractivity contribution in [3.63, 3.8) is 0 Å². The highest BCUT2D eigenvalue weighted by Crippen LogP contribution is 2.35. The van der Waals surface area contributed by atoms with Gasteiger partial charge < -0.3 is 10.2 Å². The third-order valence-electron chi connectivity index (χ3n) is 5.04. The molecule has 2 aliphatic rings. The molecule has 2 heterocycles. The Morgan fingerprint density at radius 3 is 2.60 bits per heavy atom. The third-order valence-corrected chi connectivity index (χ3v) is 5.04. The summed E-state index contributed by atoms with van der Waals surface area (Å²) >= 11 is 0. The molecule has 0 unspecified atom stereocenters. The van der Waals surface area contributed by atoms with Crippen LogP contribution in [0, 0.1) is 12.8 Å². The molecule has 4 nitrogen and oxygen atoms in total. The minimum Gasteiger partial charge on any atom is -0.371 e. The van der Waals surface area contributed by atoms with Gasteiger partial charge in [0.15, 0.2) is 0 Å². The molecule has 0 bridgehead atoms. The van der Waals surface area contributed by atoms with E-state index in [0.29, 0.717) is 12.2 Å². The van der Waals surface area contributed by atoms with Crippen molar-refractivity contribution in [2.45, 2.75) is 32.4 Å². The molecule has 2 aromatic rings. The third kappa shape index (κ3) is 3.36. The van der Waals surface area contributed by atoms with Gasteiger partial charge in [-0.1, -0.05) is 6.07 Å². The Labute approximate surface area is 147 Å². The lowest BCUT2D eigenvalue weighted by molar-refractivity contribution is -0.117. The number of carbonyl (C=O) groups is 1. The molecule has 1 aromatic carbocycles. The van der Waals surface area contributed by atoms with Gasteiger partial charge in [-0.3, -0.25) is 4.79 Å². The summed E-state index contributed by atoms with van der Waals surface area (Å²) in [6.07, 6.45) is 3.52. The van der Waals surface area contributed by atoms with Crippen molar-refractivity contribution in [2.75, 3.05) is 23.3 Å². The van der Waals surface area contributed by atoms with Crippen LogP contribution in [-0.4, -0.2) is 30.2 Å². The lowest BCUT2D eigenvalue weighted by Gasteiger charge is -2.20. The topological polar surface area (TPSA) is 45.2 Å². The molecule has 25 heavy (non-hydrogen) atoms. The fourth-order valence-corrected chi connectivity index (χ4v) is 3.48. The molecule has 5 heteroatoms. The number of nitrogens with zero attached hydrogens (tertiary/aromatic N) is 2. The van der Waals surface area contributed by atoms with Crippen molar-refractivity contribution < 1.29 is 9.18 Å². The maximum Gasteiger partial charge on any atom is 0.231 e. The van der Waals surface area contributed by atoms with Crippen molar-refractivity contribution in [1.82, 2.24) is 4.98 Å². The first-order valence-corrected chi connectivity index (χ1v) is 8.89. The van der Waals surface area contributed by atoms with Gasteiger partial charge in [-0.2, -0.15) is 0 Å². The number of aromatic nitrogens is 1. The lowest BCUT2D eigenvalue weighted by atomic mass is 10.0. The summed E-state index contributed by atoms with van der Waals surface area (Å²) in [5.41, 5.74) is 4.63. The molecule has 1 saturated carbocycles. The Kier molecular flexibility index (Phi) is 4.15. The van der Waals surface area contributed by atoms with E-state index in [-0.39, 0.29) is 5.91 Å². The fourth-order valence-electron chi connectivity index (χ4n) is 3.48. The van der Waals surface area contributed by atoms with Gasteiger partial charge >= 0.3 is 0 Å². The second kappa shape index (κ2) is 6.47. The number of aryl methyl sites for hydroxylation is 1. The van der Waals surface area contributed by atoms with Crippen LogP contribution in [0.1, 0.15) is 24.8 Å². The molecule has 130 valence electrons. The van der Waals surface area contributed by atoms with Crippen molar-refractivity contribution in [1.29, 1.82) is 0 Å². The lowest BCUT2D eigenvalue weighted by Crippen LogP contribution is -2.18. The average molecular weight is 339 g/mol. The van der Waals surface area contributed by atoms with Crippen LogP contribution < -0.4 is 10.2 Å². The van der Waals surface area contributed by atoms with Gasteiger partial charge in [0.1, 0.15) is 12.0 Å². The molecular weight excluding hydrogens is 317 g/mol. The van der Waals surface area contributed by atoms with Gasteiger partial charge in [0, 0.05) is 25.0 Å². The highest BCUT2D eigenvalue weighted by molar-refractivity contribution is 5.94. The van der Waals surface area contributed by atoms with Crippen LogP contribution >= 0.6 is 0 Å². The minimum absolute atomic E-state index is 0.280. The van der Waals surface area contributed by atoms with E-state index < -0.39 is 12.1 Å². The quantitative estimate of drug-likeness (QED) is 0.917. The monoisotopic (exact) mass is 339 g/mol. The number of carbonyl (C=O) groups excluding carboxylic acids is 1. The predicted octanol–water partition coefficient (Wildman–Crippen LogP) is 3.95. The van der Waals surface area contributed by atoms with Crippen LogP contribution in [0.3, 0.4) is 0 Å². The Balaban J connectivity index is 1.54. The van der Waals surface area contributed by atoms with Crippen molar-refractivity contribution in [3.8, 4) is 11.1 Å². The molecule has 1 aliphatic heterocycles. The maximum absolute atomic E-state index is 13.0. The molecule has 0 radical (unpaired) electrons. The number of alkyl halides is 1. The van der Waals surface area contributed by atoms with E-state index in [2.05, 4.69) is 40.3 Å². The van der Waals surface area contributed by atoms with Gasteiger partial charge in [-0.05, 0) is 67.1 Å². The summed E-state index contributed by atoms with van der Waals surface area (Å²) in [5.74, 6) is -0.312. The number of halogens is 1. The second-order valence-electron chi connectivity index (χ2n) is 6.97. The largest absolute Gasteiger partial charge is 0.371 e. The zero-order valence-corrected chi connectivity index (χ0v) is 14.3. The normalized spacial score (nSPS) is 22.1. The van der Waals surface area contributed by atoms with E-state index >= 15 is 0 Å². The van der Waals surface area contributed by atoms with Gasteiger partial charge in [0.2, 0.25) is 5.91 Å². The van der Waals surface area contributed by atoms with Crippen molar-refractivity contribution in [3.05, 3.63) is 42.1 Å². The summed E-state index contributed by atoms with van der Waals surface area (Å²) in [7, 11) is 0. The summed E-state index contributed by atoms with van der Waals surface area (Å²) in [6, 6.07) is 10.2. The standard InChI is InChI=1S/C20H22FN3O/c1-13-10-14(4-5-18(13)24-8-2-3-9-24)15-6-7-22-19(11-15)23-20(25)16-12-17(16)21/h4-7,10-11,16-17H,2-3,8-9,12H2,1H3,(H,22,23,25)/t16-,17+/m0/s1. The summed E-state index contributed by atoms with van der Waals surface area (Å²) in [6.45, 7) is 4.39.